The van der Waals surface area contributed by atoms with Crippen molar-refractivity contribution < 1.29 is 14.3 Å². The molecule has 1 N–H and O–H groups in total. The number of carbonyl (C=O) groups excluding carboxylic acids is 1. The Balaban J connectivity index is 1.51. The molecule has 0 radical (unpaired) electrons. The number of hydrogen-bond donors (Lipinski definition) is 1. The molecule has 1 aliphatic carbocycles. The molecule has 0 bridgehead atoms. The first-order valence-electron chi connectivity index (χ1n) is 8.92. The Morgan fingerprint density at radius 1 is 1.23 bits per heavy atom. The highest BCUT2D eigenvalue weighted by atomic mass is 16.5. The molecule has 2 aromatic rings. The van der Waals surface area contributed by atoms with E-state index in [1.165, 1.54) is 30.2 Å². The minimum absolute atomic E-state index is 0.124. The van der Waals surface area contributed by atoms with Crippen molar-refractivity contribution in [2.24, 2.45) is 0 Å². The third-order valence-corrected chi connectivity index (χ3v) is 4.60. The lowest BCUT2D eigenvalue weighted by molar-refractivity contribution is -0.116. The average molecular weight is 355 g/mol. The maximum absolute atomic E-state index is 12.0. The molecule has 26 heavy (non-hydrogen) atoms. The topological polar surface area (TPSA) is 65.4 Å². The lowest BCUT2D eigenvalue weighted by atomic mass is 9.98. The predicted molar refractivity (Wildman–Crippen MR) is 100 cm³/mol. The summed E-state index contributed by atoms with van der Waals surface area (Å²) in [5, 5.41) is 7.35. The number of hydrogen-bond acceptors (Lipinski definition) is 4. The third kappa shape index (κ3) is 4.25. The molecule has 0 aliphatic heterocycles. The fourth-order valence-corrected chi connectivity index (χ4v) is 3.22. The smallest absolute Gasteiger partial charge is 0.244 e. The van der Waals surface area contributed by atoms with Gasteiger partial charge in [-0.05, 0) is 55.0 Å². The summed E-state index contributed by atoms with van der Waals surface area (Å²) in [5.41, 5.74) is 3.56. The number of aromatic nitrogens is 2. The van der Waals surface area contributed by atoms with E-state index < -0.39 is 0 Å². The Morgan fingerprint density at radius 3 is 2.85 bits per heavy atom. The Morgan fingerprint density at radius 2 is 2.04 bits per heavy atom. The van der Waals surface area contributed by atoms with Crippen LogP contribution in [-0.4, -0.2) is 36.5 Å². The minimum Gasteiger partial charge on any atom is -0.493 e. The highest BCUT2D eigenvalue weighted by molar-refractivity contribution is 5.91. The number of amides is 1. The number of nitrogens with zero attached hydrogens (tertiary/aromatic N) is 2. The van der Waals surface area contributed by atoms with Gasteiger partial charge in [0.05, 0.1) is 27.0 Å². The van der Waals surface area contributed by atoms with E-state index in [0.717, 1.165) is 18.4 Å². The molecule has 138 valence electrons. The molecule has 1 aromatic heterocycles. The molecule has 0 spiro atoms. The van der Waals surface area contributed by atoms with Crippen LogP contribution < -0.4 is 14.8 Å². The van der Waals surface area contributed by atoms with Crippen LogP contribution >= 0.6 is 0 Å². The molecule has 1 amide bonds. The summed E-state index contributed by atoms with van der Waals surface area (Å²) in [6.45, 7) is 1.26. The van der Waals surface area contributed by atoms with Crippen LogP contribution in [0.1, 0.15) is 29.7 Å². The molecule has 6 heteroatoms. The molecule has 0 saturated heterocycles. The summed E-state index contributed by atoms with van der Waals surface area (Å²) in [4.78, 5) is 12.0. The summed E-state index contributed by atoms with van der Waals surface area (Å²) >= 11 is 0. The van der Waals surface area contributed by atoms with Crippen molar-refractivity contribution in [3.05, 3.63) is 47.3 Å². The van der Waals surface area contributed by atoms with Crippen LogP contribution in [0.2, 0.25) is 0 Å². The van der Waals surface area contributed by atoms with Crippen molar-refractivity contribution in [2.45, 2.75) is 32.2 Å². The van der Waals surface area contributed by atoms with Gasteiger partial charge in [0, 0.05) is 18.3 Å². The second kappa shape index (κ2) is 8.56. The van der Waals surface area contributed by atoms with Crippen molar-refractivity contribution in [3.8, 4) is 11.5 Å². The summed E-state index contributed by atoms with van der Waals surface area (Å²) in [7, 11) is 3.18. The van der Waals surface area contributed by atoms with Crippen LogP contribution in [0.15, 0.2) is 30.5 Å². The first-order valence-corrected chi connectivity index (χ1v) is 8.92. The highest BCUT2D eigenvalue weighted by Gasteiger charge is 2.14. The Kier molecular flexibility index (Phi) is 5.94. The van der Waals surface area contributed by atoms with Gasteiger partial charge in [0.1, 0.15) is 0 Å². The molecular formula is C20H25N3O3. The number of fused-ring (bicyclic) bond motifs is 1. The van der Waals surface area contributed by atoms with Gasteiger partial charge in [-0.1, -0.05) is 6.07 Å². The monoisotopic (exact) mass is 355 g/mol. The molecule has 1 heterocycles. The highest BCUT2D eigenvalue weighted by Crippen LogP contribution is 2.27. The van der Waals surface area contributed by atoms with Gasteiger partial charge in [-0.15, -0.1) is 0 Å². The van der Waals surface area contributed by atoms with Gasteiger partial charge >= 0.3 is 0 Å². The van der Waals surface area contributed by atoms with E-state index in [1.807, 2.05) is 29.1 Å². The van der Waals surface area contributed by atoms with Crippen LogP contribution in [0.4, 0.5) is 0 Å². The SMILES string of the molecule is COc1ccc(/C=C/C(=O)NCCn2ncc3c2CCCC3)cc1OC. The number of aryl methyl sites for hydroxylation is 1. The number of benzene rings is 1. The van der Waals surface area contributed by atoms with E-state index in [1.54, 1.807) is 20.3 Å². The fraction of sp³-hybridized carbons (Fsp3) is 0.400. The van der Waals surface area contributed by atoms with Crippen LogP contribution in [0, 0.1) is 0 Å². The maximum Gasteiger partial charge on any atom is 0.244 e. The first kappa shape index (κ1) is 18.0. The maximum atomic E-state index is 12.0. The molecule has 3 rings (SSSR count). The van der Waals surface area contributed by atoms with E-state index >= 15 is 0 Å². The molecule has 0 atom stereocenters. The zero-order valence-corrected chi connectivity index (χ0v) is 15.3. The number of rotatable bonds is 7. The zero-order chi connectivity index (χ0) is 18.4. The fourth-order valence-electron chi connectivity index (χ4n) is 3.22. The van der Waals surface area contributed by atoms with Gasteiger partial charge in [0.2, 0.25) is 5.91 Å². The zero-order valence-electron chi connectivity index (χ0n) is 15.3. The van der Waals surface area contributed by atoms with Gasteiger partial charge in [-0.3, -0.25) is 9.48 Å². The Bertz CT molecular complexity index is 796. The number of ether oxygens (including phenoxy) is 2. The van der Waals surface area contributed by atoms with Gasteiger partial charge in [-0.2, -0.15) is 5.10 Å². The first-order chi connectivity index (χ1) is 12.7. The Hall–Kier alpha value is -2.76. The van der Waals surface area contributed by atoms with Crippen molar-refractivity contribution in [1.29, 1.82) is 0 Å². The lowest BCUT2D eigenvalue weighted by Crippen LogP contribution is -2.26. The lowest BCUT2D eigenvalue weighted by Gasteiger charge is -2.13. The van der Waals surface area contributed by atoms with E-state index in [2.05, 4.69) is 10.4 Å². The second-order valence-electron chi connectivity index (χ2n) is 6.29. The summed E-state index contributed by atoms with van der Waals surface area (Å²) in [6, 6.07) is 5.52. The van der Waals surface area contributed by atoms with Crippen molar-refractivity contribution in [1.82, 2.24) is 15.1 Å². The average Bonchev–Trinajstić information content (AvgIpc) is 3.09. The number of nitrogens with one attached hydrogen (secondary N) is 1. The van der Waals surface area contributed by atoms with E-state index in [0.29, 0.717) is 24.6 Å². The summed E-state index contributed by atoms with van der Waals surface area (Å²) < 4.78 is 12.5. The van der Waals surface area contributed by atoms with Crippen LogP contribution in [0.5, 0.6) is 11.5 Å². The quantitative estimate of drug-likeness (QED) is 0.776. The van der Waals surface area contributed by atoms with Crippen molar-refractivity contribution in [2.75, 3.05) is 20.8 Å². The predicted octanol–water partition coefficient (Wildman–Crippen LogP) is 2.61. The van der Waals surface area contributed by atoms with Crippen molar-refractivity contribution >= 4 is 12.0 Å². The van der Waals surface area contributed by atoms with Gasteiger partial charge in [-0.25, -0.2) is 0 Å². The van der Waals surface area contributed by atoms with Crippen LogP contribution in [0.25, 0.3) is 6.08 Å². The number of carbonyl (C=O) groups is 1. The van der Waals surface area contributed by atoms with Gasteiger partial charge in [0.15, 0.2) is 11.5 Å². The minimum atomic E-state index is -0.124. The molecule has 0 saturated carbocycles. The van der Waals surface area contributed by atoms with E-state index in [4.69, 9.17) is 9.47 Å². The molecular weight excluding hydrogens is 330 g/mol. The Labute approximate surface area is 153 Å². The molecule has 1 aromatic carbocycles. The van der Waals surface area contributed by atoms with Crippen LogP contribution in [-0.2, 0) is 24.2 Å². The normalized spacial score (nSPS) is 13.5. The standard InChI is InChI=1S/C20H25N3O3/c1-25-18-9-7-15(13-19(18)26-2)8-10-20(24)21-11-12-23-17-6-4-3-5-16(17)14-22-23/h7-10,13-14H,3-6,11-12H2,1-2H3,(H,21,24)/b10-8+. The van der Waals surface area contributed by atoms with Gasteiger partial charge in [0.25, 0.3) is 0 Å². The largest absolute Gasteiger partial charge is 0.493 e. The van der Waals surface area contributed by atoms with Gasteiger partial charge < -0.3 is 14.8 Å². The van der Waals surface area contributed by atoms with Crippen LogP contribution in [0.3, 0.4) is 0 Å². The molecule has 0 fully saturated rings. The van der Waals surface area contributed by atoms with E-state index in [9.17, 15) is 4.79 Å². The molecule has 0 unspecified atom stereocenters. The third-order valence-electron chi connectivity index (χ3n) is 4.60. The molecule has 6 nitrogen and oxygen atoms in total. The summed E-state index contributed by atoms with van der Waals surface area (Å²) in [6.07, 6.45) is 9.92. The number of methoxy groups -OCH3 is 2. The summed E-state index contributed by atoms with van der Waals surface area (Å²) in [5.74, 6) is 1.18. The van der Waals surface area contributed by atoms with Crippen molar-refractivity contribution in [3.63, 3.8) is 0 Å². The second-order valence-corrected chi connectivity index (χ2v) is 6.29. The molecule has 1 aliphatic rings. The van der Waals surface area contributed by atoms with E-state index in [-0.39, 0.29) is 5.91 Å².